The van der Waals surface area contributed by atoms with Crippen molar-refractivity contribution in [3.05, 3.63) is 164 Å². The summed E-state index contributed by atoms with van der Waals surface area (Å²) in [5.74, 6) is 0. The van der Waals surface area contributed by atoms with Crippen LogP contribution in [0.4, 0.5) is 0 Å². The van der Waals surface area contributed by atoms with Gasteiger partial charge in [0.2, 0.25) is 0 Å². The smallest absolute Gasteiger partial charge is 0.0620 e. The lowest BCUT2D eigenvalue weighted by Gasteiger charge is -2.41. The number of fused-ring (bicyclic) bond motifs is 9. The summed E-state index contributed by atoms with van der Waals surface area (Å²) in [6.07, 6.45) is 2.97. The van der Waals surface area contributed by atoms with Gasteiger partial charge in [0.25, 0.3) is 0 Å². The molecule has 2 aliphatic rings. The van der Waals surface area contributed by atoms with Crippen molar-refractivity contribution in [1.29, 1.82) is 0 Å². The third-order valence-corrected chi connectivity index (χ3v) is 8.61. The zero-order valence-corrected chi connectivity index (χ0v) is 21.9. The minimum atomic E-state index is -0.294. The van der Waals surface area contributed by atoms with Gasteiger partial charge in [-0.15, -0.1) is 0 Å². The fraction of sp³-hybridized carbons (Fsp3) is 0.189. The Bertz CT molecular complexity index is 1620. The topological polar surface area (TPSA) is 0 Å². The Kier molecular flexibility index (Phi) is 5.01. The van der Waals surface area contributed by atoms with E-state index in [1.165, 1.54) is 72.3 Å². The van der Waals surface area contributed by atoms with E-state index in [1.807, 2.05) is 0 Å². The van der Waals surface area contributed by atoms with Crippen molar-refractivity contribution in [1.82, 2.24) is 0 Å². The van der Waals surface area contributed by atoms with Gasteiger partial charge in [-0.3, -0.25) is 0 Å². The monoisotopic (exact) mass is 476 g/mol. The maximum atomic E-state index is 2.46. The molecule has 0 amide bonds. The molecule has 2 aliphatic carbocycles. The molecule has 0 heteroatoms. The van der Waals surface area contributed by atoms with Crippen LogP contribution in [0.3, 0.4) is 0 Å². The largest absolute Gasteiger partial charge is 0.0721 e. The van der Waals surface area contributed by atoms with Crippen LogP contribution in [0.1, 0.15) is 68.1 Å². The molecule has 0 unspecified atom stereocenters. The molecule has 0 nitrogen and oxygen atoms in total. The summed E-state index contributed by atoms with van der Waals surface area (Å²) in [5.41, 5.74) is 18.1. The van der Waals surface area contributed by atoms with Crippen molar-refractivity contribution in [2.24, 2.45) is 0 Å². The van der Waals surface area contributed by atoms with Crippen LogP contribution in [0.15, 0.2) is 103 Å². The lowest BCUT2D eigenvalue weighted by Crippen LogP contribution is -2.35. The van der Waals surface area contributed by atoms with Crippen LogP contribution in [0.25, 0.3) is 11.1 Å². The first-order valence-electron chi connectivity index (χ1n) is 13.6. The third-order valence-electron chi connectivity index (χ3n) is 8.61. The van der Waals surface area contributed by atoms with Gasteiger partial charge in [-0.2, -0.15) is 0 Å². The second-order valence-electron chi connectivity index (χ2n) is 11.0. The first-order chi connectivity index (χ1) is 18.1. The predicted molar refractivity (Wildman–Crippen MR) is 155 cm³/mol. The summed E-state index contributed by atoms with van der Waals surface area (Å²) in [7, 11) is 0. The number of hydrogen-bond donors (Lipinski definition) is 0. The van der Waals surface area contributed by atoms with Crippen molar-refractivity contribution in [3.63, 3.8) is 0 Å². The van der Waals surface area contributed by atoms with Gasteiger partial charge in [-0.1, -0.05) is 121 Å². The van der Waals surface area contributed by atoms with Gasteiger partial charge in [0, 0.05) is 0 Å². The molecule has 0 radical (unpaired) electrons. The molecule has 7 rings (SSSR count). The standard InChI is InChI=1S/C37H32/c1-4-26-16-17-35-32(22-26)31-13-9-12-30(21-27-19-24(2)18-25(3)20-27)36(31)37(35)33-14-7-5-10-28(33)23-29-11-6-8-15-34(29)37/h5-20,22H,4,21,23H2,1-3H3. The Morgan fingerprint density at radius 2 is 1.27 bits per heavy atom. The van der Waals surface area contributed by atoms with Crippen LogP contribution in [0, 0.1) is 13.8 Å². The van der Waals surface area contributed by atoms with Crippen molar-refractivity contribution in [2.75, 3.05) is 0 Å². The van der Waals surface area contributed by atoms with Crippen molar-refractivity contribution in [2.45, 2.75) is 45.4 Å². The molecule has 0 N–H and O–H groups in total. The summed E-state index contributed by atoms with van der Waals surface area (Å²) in [5, 5.41) is 0. The highest BCUT2D eigenvalue weighted by Gasteiger charge is 2.50. The molecule has 1 spiro atoms. The maximum absolute atomic E-state index is 2.46. The van der Waals surface area contributed by atoms with Crippen LogP contribution < -0.4 is 0 Å². The molecule has 180 valence electrons. The molecule has 0 saturated carbocycles. The van der Waals surface area contributed by atoms with Gasteiger partial charge in [-0.05, 0) is 94.3 Å². The fourth-order valence-corrected chi connectivity index (χ4v) is 7.29. The molecule has 0 bridgehead atoms. The van der Waals surface area contributed by atoms with Crippen LogP contribution in [-0.4, -0.2) is 0 Å². The fourth-order valence-electron chi connectivity index (χ4n) is 7.29. The average Bonchev–Trinajstić information content (AvgIpc) is 3.19. The summed E-state index contributed by atoms with van der Waals surface area (Å²) in [6.45, 7) is 6.68. The van der Waals surface area contributed by atoms with E-state index < -0.39 is 0 Å². The first kappa shape index (κ1) is 22.3. The minimum Gasteiger partial charge on any atom is -0.0620 e. The highest BCUT2D eigenvalue weighted by Crippen LogP contribution is 2.60. The van der Waals surface area contributed by atoms with Gasteiger partial charge < -0.3 is 0 Å². The van der Waals surface area contributed by atoms with E-state index in [1.54, 1.807) is 0 Å². The van der Waals surface area contributed by atoms with E-state index in [9.17, 15) is 0 Å². The van der Waals surface area contributed by atoms with Crippen LogP contribution in [-0.2, 0) is 24.7 Å². The molecule has 0 aromatic heterocycles. The predicted octanol–water partition coefficient (Wildman–Crippen LogP) is 8.72. The Balaban J connectivity index is 1.60. The molecule has 5 aromatic rings. The molecular weight excluding hydrogens is 444 g/mol. The van der Waals surface area contributed by atoms with E-state index in [2.05, 4.69) is 124 Å². The zero-order valence-electron chi connectivity index (χ0n) is 21.9. The number of rotatable bonds is 3. The van der Waals surface area contributed by atoms with Gasteiger partial charge in [0.1, 0.15) is 0 Å². The first-order valence-corrected chi connectivity index (χ1v) is 13.6. The highest BCUT2D eigenvalue weighted by molar-refractivity contribution is 5.89. The molecule has 0 heterocycles. The molecule has 5 aromatic carbocycles. The van der Waals surface area contributed by atoms with E-state index in [-0.39, 0.29) is 5.41 Å². The number of hydrogen-bond acceptors (Lipinski definition) is 0. The Morgan fingerprint density at radius 3 is 1.95 bits per heavy atom. The summed E-state index contributed by atoms with van der Waals surface area (Å²) < 4.78 is 0. The quantitative estimate of drug-likeness (QED) is 0.239. The van der Waals surface area contributed by atoms with E-state index in [4.69, 9.17) is 0 Å². The van der Waals surface area contributed by atoms with Gasteiger partial charge in [0.15, 0.2) is 0 Å². The van der Waals surface area contributed by atoms with Crippen molar-refractivity contribution < 1.29 is 0 Å². The molecule has 0 fully saturated rings. The highest BCUT2D eigenvalue weighted by atomic mass is 14.5. The maximum Gasteiger partial charge on any atom is 0.0721 e. The Labute approximate surface area is 220 Å². The lowest BCUT2D eigenvalue weighted by molar-refractivity contribution is 0.714. The van der Waals surface area contributed by atoms with Crippen LogP contribution in [0.5, 0.6) is 0 Å². The zero-order chi connectivity index (χ0) is 25.1. The minimum absolute atomic E-state index is 0.294. The third kappa shape index (κ3) is 3.22. The molecule has 0 aliphatic heterocycles. The summed E-state index contributed by atoms with van der Waals surface area (Å²) in [4.78, 5) is 0. The van der Waals surface area contributed by atoms with Gasteiger partial charge in [-0.25, -0.2) is 0 Å². The second-order valence-corrected chi connectivity index (χ2v) is 11.0. The molecule has 37 heavy (non-hydrogen) atoms. The average molecular weight is 477 g/mol. The van der Waals surface area contributed by atoms with Gasteiger partial charge in [0.05, 0.1) is 5.41 Å². The van der Waals surface area contributed by atoms with Crippen molar-refractivity contribution in [3.8, 4) is 11.1 Å². The van der Waals surface area contributed by atoms with E-state index in [0.29, 0.717) is 0 Å². The van der Waals surface area contributed by atoms with Crippen LogP contribution in [0.2, 0.25) is 0 Å². The lowest BCUT2D eigenvalue weighted by atomic mass is 9.60. The van der Waals surface area contributed by atoms with Crippen molar-refractivity contribution >= 4 is 0 Å². The normalized spacial score (nSPS) is 14.1. The SMILES string of the molecule is CCc1ccc2c(c1)-c1cccc(Cc3cc(C)cc(C)c3)c1C21c2ccccc2Cc2ccccc21. The van der Waals surface area contributed by atoms with E-state index >= 15 is 0 Å². The van der Waals surface area contributed by atoms with Gasteiger partial charge >= 0.3 is 0 Å². The molecule has 0 atom stereocenters. The molecular formula is C37H32. The molecule has 0 saturated heterocycles. The summed E-state index contributed by atoms with van der Waals surface area (Å²) in [6, 6.07) is 39.6. The number of aryl methyl sites for hydroxylation is 3. The Hall–Kier alpha value is -3.90. The number of benzene rings is 5. The summed E-state index contributed by atoms with van der Waals surface area (Å²) >= 11 is 0. The Morgan fingerprint density at radius 1 is 0.595 bits per heavy atom. The second kappa shape index (κ2) is 8.32. The van der Waals surface area contributed by atoms with Crippen LogP contribution >= 0.6 is 0 Å². The van der Waals surface area contributed by atoms with E-state index in [0.717, 1.165) is 19.3 Å².